The van der Waals surface area contributed by atoms with Crippen molar-refractivity contribution in [1.82, 2.24) is 0 Å². The van der Waals surface area contributed by atoms with E-state index in [1.165, 1.54) is 32.1 Å². The number of carbonyl (C=O) groups excluding carboxylic acids is 1. The van der Waals surface area contributed by atoms with Crippen LogP contribution in [0.3, 0.4) is 0 Å². The van der Waals surface area contributed by atoms with Gasteiger partial charge in [-0.2, -0.15) is 0 Å². The normalized spacial score (nSPS) is 59.2. The zero-order valence-electron chi connectivity index (χ0n) is 15.4. The first-order valence-corrected chi connectivity index (χ1v) is 9.94. The summed E-state index contributed by atoms with van der Waals surface area (Å²) in [4.78, 5) is 12.2. The Labute approximate surface area is 141 Å². The highest BCUT2D eigenvalue weighted by Crippen LogP contribution is 2.68. The molecule has 4 aliphatic carbocycles. The molecular formula is C21H34O2. The SMILES string of the molecule is C[C@@H]1C[C@@]2(C)[C@H](CC[C@@H]3[C@@H]2CC[C@@]2(C)[C@H]3CC[C@]2(C)O)CC1=O. The molecule has 0 unspecified atom stereocenters. The van der Waals surface area contributed by atoms with E-state index in [1.807, 2.05) is 0 Å². The van der Waals surface area contributed by atoms with Gasteiger partial charge in [-0.1, -0.05) is 20.8 Å². The fraction of sp³-hybridized carbons (Fsp3) is 0.952. The molecule has 130 valence electrons. The molecule has 0 bridgehead atoms. The van der Waals surface area contributed by atoms with Crippen LogP contribution in [0.25, 0.3) is 0 Å². The van der Waals surface area contributed by atoms with Crippen molar-refractivity contribution in [1.29, 1.82) is 0 Å². The lowest BCUT2D eigenvalue weighted by atomic mass is 9.44. The maximum atomic E-state index is 12.2. The molecule has 8 atom stereocenters. The maximum absolute atomic E-state index is 12.2. The van der Waals surface area contributed by atoms with E-state index in [4.69, 9.17) is 0 Å². The van der Waals surface area contributed by atoms with Crippen molar-refractivity contribution >= 4 is 5.78 Å². The molecule has 0 saturated heterocycles. The van der Waals surface area contributed by atoms with Crippen molar-refractivity contribution in [3.63, 3.8) is 0 Å². The van der Waals surface area contributed by atoms with Gasteiger partial charge in [-0.05, 0) is 86.4 Å². The number of ketones is 1. The van der Waals surface area contributed by atoms with Crippen LogP contribution in [0.15, 0.2) is 0 Å². The van der Waals surface area contributed by atoms with Crippen LogP contribution in [-0.2, 0) is 4.79 Å². The topological polar surface area (TPSA) is 37.3 Å². The minimum Gasteiger partial charge on any atom is -0.390 e. The quantitative estimate of drug-likeness (QED) is 0.709. The monoisotopic (exact) mass is 318 g/mol. The predicted octanol–water partition coefficient (Wildman–Crippen LogP) is 4.60. The molecule has 4 rings (SSSR count). The lowest BCUT2D eigenvalue weighted by Crippen LogP contribution is -2.56. The Bertz CT molecular complexity index is 524. The van der Waals surface area contributed by atoms with Gasteiger partial charge in [-0.15, -0.1) is 0 Å². The maximum Gasteiger partial charge on any atom is 0.136 e. The summed E-state index contributed by atoms with van der Waals surface area (Å²) < 4.78 is 0. The highest BCUT2D eigenvalue weighted by Gasteiger charge is 2.63. The summed E-state index contributed by atoms with van der Waals surface area (Å²) in [6.45, 7) is 9.11. The first-order chi connectivity index (χ1) is 10.7. The molecule has 2 nitrogen and oxygen atoms in total. The van der Waals surface area contributed by atoms with Gasteiger partial charge in [0.15, 0.2) is 0 Å². The second-order valence-corrected chi connectivity index (χ2v) is 10.2. The van der Waals surface area contributed by atoms with E-state index >= 15 is 0 Å². The van der Waals surface area contributed by atoms with E-state index in [2.05, 4.69) is 27.7 Å². The van der Waals surface area contributed by atoms with E-state index < -0.39 is 5.60 Å². The third-order valence-corrected chi connectivity index (χ3v) is 9.37. The Kier molecular flexibility index (Phi) is 3.39. The summed E-state index contributed by atoms with van der Waals surface area (Å²) in [6.07, 6.45) is 9.11. The lowest BCUT2D eigenvalue weighted by molar-refractivity contribution is -0.158. The van der Waals surface area contributed by atoms with Crippen LogP contribution >= 0.6 is 0 Å². The summed E-state index contributed by atoms with van der Waals surface area (Å²) >= 11 is 0. The number of fused-ring (bicyclic) bond motifs is 5. The number of rotatable bonds is 0. The van der Waals surface area contributed by atoms with E-state index in [-0.39, 0.29) is 11.3 Å². The van der Waals surface area contributed by atoms with Crippen LogP contribution in [0.2, 0.25) is 0 Å². The van der Waals surface area contributed by atoms with Crippen LogP contribution in [0.5, 0.6) is 0 Å². The Morgan fingerprint density at radius 1 is 1.00 bits per heavy atom. The highest BCUT2D eigenvalue weighted by molar-refractivity contribution is 5.82. The molecule has 0 aliphatic heterocycles. The Hall–Kier alpha value is -0.370. The first kappa shape index (κ1) is 16.1. The van der Waals surface area contributed by atoms with Gasteiger partial charge in [0.25, 0.3) is 0 Å². The molecule has 0 heterocycles. The highest BCUT2D eigenvalue weighted by atomic mass is 16.3. The molecule has 2 heteroatoms. The molecular weight excluding hydrogens is 284 g/mol. The van der Waals surface area contributed by atoms with Crippen molar-refractivity contribution in [3.8, 4) is 0 Å². The average Bonchev–Trinajstić information content (AvgIpc) is 2.71. The van der Waals surface area contributed by atoms with Crippen molar-refractivity contribution < 1.29 is 9.90 Å². The number of hydrogen-bond donors (Lipinski definition) is 1. The molecule has 4 fully saturated rings. The molecule has 0 radical (unpaired) electrons. The fourth-order valence-corrected chi connectivity index (χ4v) is 7.65. The molecule has 4 saturated carbocycles. The zero-order chi connectivity index (χ0) is 16.6. The summed E-state index contributed by atoms with van der Waals surface area (Å²) in [6, 6.07) is 0. The molecule has 0 aromatic heterocycles. The summed E-state index contributed by atoms with van der Waals surface area (Å²) in [7, 11) is 0. The van der Waals surface area contributed by atoms with E-state index in [0.29, 0.717) is 23.0 Å². The van der Waals surface area contributed by atoms with E-state index in [9.17, 15) is 9.90 Å². The molecule has 0 aromatic rings. The second-order valence-electron chi connectivity index (χ2n) is 10.2. The minimum atomic E-state index is -0.476. The number of Topliss-reactive ketones (excluding diaryl/α,β-unsaturated/α-hetero) is 1. The standard InChI is InChI=1S/C21H34O2/c1-13-12-19(2)14(11-18(13)22)5-6-15-16(19)7-9-20(3)17(15)8-10-21(20,4)23/h13-17,23H,5-12H2,1-4H3/t13-,14-,15-,16+,17+,19+,20+,21+/m1/s1. The number of hydrogen-bond acceptors (Lipinski definition) is 2. The van der Waals surface area contributed by atoms with E-state index in [1.54, 1.807) is 0 Å². The smallest absolute Gasteiger partial charge is 0.136 e. The Balaban J connectivity index is 1.66. The fourth-order valence-electron chi connectivity index (χ4n) is 7.65. The van der Waals surface area contributed by atoms with Gasteiger partial charge in [0, 0.05) is 12.3 Å². The molecule has 4 aliphatic rings. The summed E-state index contributed by atoms with van der Waals surface area (Å²) in [5.74, 6) is 3.65. The first-order valence-electron chi connectivity index (χ1n) is 9.94. The van der Waals surface area contributed by atoms with Crippen molar-refractivity contribution in [2.24, 2.45) is 40.4 Å². The molecule has 0 amide bonds. The van der Waals surface area contributed by atoms with Gasteiger partial charge in [0.1, 0.15) is 5.78 Å². The summed E-state index contributed by atoms with van der Waals surface area (Å²) in [5, 5.41) is 11.0. The Morgan fingerprint density at radius 2 is 1.70 bits per heavy atom. The number of aliphatic hydroxyl groups is 1. The predicted molar refractivity (Wildman–Crippen MR) is 91.9 cm³/mol. The van der Waals surface area contributed by atoms with Gasteiger partial charge in [0.05, 0.1) is 5.60 Å². The van der Waals surface area contributed by atoms with Crippen LogP contribution in [-0.4, -0.2) is 16.5 Å². The zero-order valence-corrected chi connectivity index (χ0v) is 15.4. The average molecular weight is 319 g/mol. The van der Waals surface area contributed by atoms with Crippen LogP contribution in [0, 0.1) is 40.4 Å². The molecule has 0 aromatic carbocycles. The van der Waals surface area contributed by atoms with Crippen molar-refractivity contribution in [2.75, 3.05) is 0 Å². The van der Waals surface area contributed by atoms with Gasteiger partial charge >= 0.3 is 0 Å². The molecule has 1 N–H and O–H groups in total. The Morgan fingerprint density at radius 3 is 2.43 bits per heavy atom. The van der Waals surface area contributed by atoms with Gasteiger partial charge in [-0.25, -0.2) is 0 Å². The largest absolute Gasteiger partial charge is 0.390 e. The third-order valence-electron chi connectivity index (χ3n) is 9.37. The molecule has 23 heavy (non-hydrogen) atoms. The second kappa shape index (κ2) is 4.84. The van der Waals surface area contributed by atoms with Crippen LogP contribution < -0.4 is 0 Å². The van der Waals surface area contributed by atoms with Crippen molar-refractivity contribution in [3.05, 3.63) is 0 Å². The number of carbonyl (C=O) groups is 1. The molecule has 0 spiro atoms. The van der Waals surface area contributed by atoms with Crippen molar-refractivity contribution in [2.45, 2.75) is 84.7 Å². The lowest BCUT2D eigenvalue weighted by Gasteiger charge is -2.61. The summed E-state index contributed by atoms with van der Waals surface area (Å²) in [5.41, 5.74) is 0.00962. The van der Waals surface area contributed by atoms with Crippen LogP contribution in [0.4, 0.5) is 0 Å². The van der Waals surface area contributed by atoms with Crippen LogP contribution in [0.1, 0.15) is 79.1 Å². The van der Waals surface area contributed by atoms with Gasteiger partial charge in [0.2, 0.25) is 0 Å². The third kappa shape index (κ3) is 2.00. The van der Waals surface area contributed by atoms with E-state index in [0.717, 1.165) is 31.1 Å². The van der Waals surface area contributed by atoms with Gasteiger partial charge in [-0.3, -0.25) is 4.79 Å². The van der Waals surface area contributed by atoms with Gasteiger partial charge < -0.3 is 5.11 Å². The minimum absolute atomic E-state index is 0.119.